The molecule has 2 aromatic heterocycles. The highest BCUT2D eigenvalue weighted by molar-refractivity contribution is 5.86. The maximum atomic E-state index is 10.9. The predicted molar refractivity (Wildman–Crippen MR) is 65.6 cm³/mol. The van der Waals surface area contributed by atoms with Crippen molar-refractivity contribution in [2.45, 2.75) is 13.0 Å². The quantitative estimate of drug-likeness (QED) is 0.649. The molecule has 0 amide bonds. The molecule has 3 N–H and O–H groups in total. The summed E-state index contributed by atoms with van der Waals surface area (Å²) in [4.78, 5) is 14.9. The van der Waals surface area contributed by atoms with Crippen molar-refractivity contribution in [1.29, 1.82) is 0 Å². The van der Waals surface area contributed by atoms with E-state index in [0.717, 1.165) is 5.69 Å². The van der Waals surface area contributed by atoms with Gasteiger partial charge in [0.2, 0.25) is 0 Å². The average molecular weight is 249 g/mol. The molecule has 6 heteroatoms. The molecule has 2 rings (SSSR count). The summed E-state index contributed by atoms with van der Waals surface area (Å²) in [5.74, 6) is -1.03. The Morgan fingerprint density at radius 1 is 1.44 bits per heavy atom. The summed E-state index contributed by atoms with van der Waals surface area (Å²) in [6, 6.07) is 5.52. The van der Waals surface area contributed by atoms with Crippen LogP contribution in [0, 0.1) is 0 Å². The van der Waals surface area contributed by atoms with Gasteiger partial charge in [0.1, 0.15) is 5.65 Å². The molecule has 0 bridgehead atoms. The molecule has 0 fully saturated rings. The molecule has 0 aromatic carbocycles. The van der Waals surface area contributed by atoms with E-state index < -0.39 is 5.97 Å². The Morgan fingerprint density at radius 3 is 3.00 bits per heavy atom. The minimum atomic E-state index is -1.03. The second-order valence-corrected chi connectivity index (χ2v) is 3.93. The summed E-state index contributed by atoms with van der Waals surface area (Å²) in [6.07, 6.45) is 2.21. The van der Waals surface area contributed by atoms with Crippen molar-refractivity contribution < 1.29 is 15.0 Å². The summed E-state index contributed by atoms with van der Waals surface area (Å²) in [7, 11) is 0. The molecule has 18 heavy (non-hydrogen) atoms. The fraction of sp³-hybridized carbons (Fsp3) is 0.333. The van der Waals surface area contributed by atoms with Crippen LogP contribution < -0.4 is 5.32 Å². The molecule has 0 spiro atoms. The van der Waals surface area contributed by atoms with Crippen LogP contribution in [0.4, 0.5) is 0 Å². The van der Waals surface area contributed by atoms with Crippen molar-refractivity contribution in [3.63, 3.8) is 0 Å². The summed E-state index contributed by atoms with van der Waals surface area (Å²) < 4.78 is 1.76. The predicted octanol–water partition coefficient (Wildman–Crippen LogP) is 0.504. The van der Waals surface area contributed by atoms with E-state index in [1.54, 1.807) is 10.5 Å². The smallest absolute Gasteiger partial charge is 0.356 e. The van der Waals surface area contributed by atoms with Crippen molar-refractivity contribution in [2.24, 2.45) is 0 Å². The maximum absolute atomic E-state index is 10.9. The Morgan fingerprint density at radius 2 is 2.28 bits per heavy atom. The molecule has 2 heterocycles. The standard InChI is InChI=1S/C12H15N3O3/c16-6-2-5-13-7-9-3-1-4-11-14-10(12(17)18)8-15(9)11/h1,3-4,8,13,16H,2,5-7H2,(H,17,18). The Bertz CT molecular complexity index is 550. The van der Waals surface area contributed by atoms with Gasteiger partial charge in [-0.15, -0.1) is 0 Å². The topological polar surface area (TPSA) is 86.9 Å². The monoisotopic (exact) mass is 249 g/mol. The lowest BCUT2D eigenvalue weighted by Crippen LogP contribution is -2.17. The fourth-order valence-corrected chi connectivity index (χ4v) is 1.74. The highest BCUT2D eigenvalue weighted by Crippen LogP contribution is 2.09. The van der Waals surface area contributed by atoms with Gasteiger partial charge in [-0.1, -0.05) is 6.07 Å². The van der Waals surface area contributed by atoms with E-state index in [0.29, 0.717) is 25.2 Å². The number of aromatic nitrogens is 2. The SMILES string of the molecule is O=C(O)c1cn2c(CNCCCO)cccc2n1. The van der Waals surface area contributed by atoms with Gasteiger partial charge in [-0.05, 0) is 25.1 Å². The van der Waals surface area contributed by atoms with Crippen LogP contribution >= 0.6 is 0 Å². The third-order valence-corrected chi connectivity index (χ3v) is 2.61. The lowest BCUT2D eigenvalue weighted by molar-refractivity contribution is 0.0691. The van der Waals surface area contributed by atoms with Crippen LogP contribution in [0.2, 0.25) is 0 Å². The molecule has 6 nitrogen and oxygen atoms in total. The zero-order valence-electron chi connectivity index (χ0n) is 9.83. The van der Waals surface area contributed by atoms with E-state index in [-0.39, 0.29) is 12.3 Å². The van der Waals surface area contributed by atoms with Crippen LogP contribution in [0.15, 0.2) is 24.4 Å². The number of fused-ring (bicyclic) bond motifs is 1. The van der Waals surface area contributed by atoms with Gasteiger partial charge in [0.05, 0.1) is 0 Å². The molecule has 96 valence electrons. The molecule has 0 atom stereocenters. The fourth-order valence-electron chi connectivity index (χ4n) is 1.74. The van der Waals surface area contributed by atoms with Gasteiger partial charge < -0.3 is 19.9 Å². The van der Waals surface area contributed by atoms with Crippen LogP contribution in [-0.4, -0.2) is 38.7 Å². The molecular weight excluding hydrogens is 234 g/mol. The summed E-state index contributed by atoms with van der Waals surface area (Å²) in [5, 5.41) is 20.8. The Hall–Kier alpha value is -1.92. The van der Waals surface area contributed by atoms with Gasteiger partial charge in [-0.2, -0.15) is 0 Å². The molecule has 0 aliphatic carbocycles. The molecule has 0 aliphatic heterocycles. The number of hydrogen-bond acceptors (Lipinski definition) is 4. The summed E-state index contributed by atoms with van der Waals surface area (Å²) in [5.41, 5.74) is 1.59. The van der Waals surface area contributed by atoms with E-state index in [4.69, 9.17) is 10.2 Å². The van der Waals surface area contributed by atoms with Crippen molar-refractivity contribution >= 4 is 11.6 Å². The van der Waals surface area contributed by atoms with Crippen LogP contribution in [0.3, 0.4) is 0 Å². The number of carboxylic acids is 1. The minimum absolute atomic E-state index is 0.0396. The number of pyridine rings is 1. The lowest BCUT2D eigenvalue weighted by atomic mass is 10.3. The van der Waals surface area contributed by atoms with E-state index in [1.165, 1.54) is 6.20 Å². The van der Waals surface area contributed by atoms with E-state index in [1.807, 2.05) is 12.1 Å². The van der Waals surface area contributed by atoms with Crippen molar-refractivity contribution in [3.8, 4) is 0 Å². The molecular formula is C12H15N3O3. The number of rotatable bonds is 6. The number of nitrogens with zero attached hydrogens (tertiary/aromatic N) is 2. The van der Waals surface area contributed by atoms with Gasteiger partial charge in [0.15, 0.2) is 5.69 Å². The summed E-state index contributed by atoms with van der Waals surface area (Å²) >= 11 is 0. The third-order valence-electron chi connectivity index (χ3n) is 2.61. The van der Waals surface area contributed by atoms with Crippen LogP contribution in [-0.2, 0) is 6.54 Å². The first-order valence-electron chi connectivity index (χ1n) is 5.74. The number of carboxylic acid groups (broad SMARTS) is 1. The first-order valence-corrected chi connectivity index (χ1v) is 5.74. The minimum Gasteiger partial charge on any atom is -0.476 e. The van der Waals surface area contributed by atoms with E-state index >= 15 is 0 Å². The normalized spacial score (nSPS) is 10.9. The van der Waals surface area contributed by atoms with Crippen LogP contribution in [0.5, 0.6) is 0 Å². The maximum Gasteiger partial charge on any atom is 0.356 e. The zero-order valence-corrected chi connectivity index (χ0v) is 9.83. The molecule has 0 saturated carbocycles. The number of aliphatic hydroxyl groups excluding tert-OH is 1. The summed E-state index contributed by atoms with van der Waals surface area (Å²) in [6.45, 7) is 1.48. The number of nitrogens with one attached hydrogen (secondary N) is 1. The molecule has 0 radical (unpaired) electrons. The molecule has 2 aromatic rings. The number of aliphatic hydroxyl groups is 1. The Labute approximate surface area is 104 Å². The van der Waals surface area contributed by atoms with Gasteiger partial charge in [-0.3, -0.25) is 0 Å². The van der Waals surface area contributed by atoms with Gasteiger partial charge in [-0.25, -0.2) is 9.78 Å². The van der Waals surface area contributed by atoms with Crippen molar-refractivity contribution in [1.82, 2.24) is 14.7 Å². The van der Waals surface area contributed by atoms with Crippen LogP contribution in [0.25, 0.3) is 5.65 Å². The van der Waals surface area contributed by atoms with Gasteiger partial charge in [0.25, 0.3) is 0 Å². The number of aromatic carboxylic acids is 1. The third kappa shape index (κ3) is 2.66. The molecule has 0 unspecified atom stereocenters. The van der Waals surface area contributed by atoms with E-state index in [9.17, 15) is 4.79 Å². The number of imidazole rings is 1. The molecule has 0 saturated heterocycles. The van der Waals surface area contributed by atoms with Crippen LogP contribution in [0.1, 0.15) is 22.6 Å². The second-order valence-electron chi connectivity index (χ2n) is 3.93. The number of carbonyl (C=O) groups is 1. The van der Waals surface area contributed by atoms with E-state index in [2.05, 4.69) is 10.3 Å². The van der Waals surface area contributed by atoms with Gasteiger partial charge >= 0.3 is 5.97 Å². The highest BCUT2D eigenvalue weighted by Gasteiger charge is 2.10. The second kappa shape index (κ2) is 5.61. The first-order chi connectivity index (χ1) is 8.72. The molecule has 0 aliphatic rings. The highest BCUT2D eigenvalue weighted by atomic mass is 16.4. The largest absolute Gasteiger partial charge is 0.476 e. The van der Waals surface area contributed by atoms with Crippen molar-refractivity contribution in [3.05, 3.63) is 35.8 Å². The Kier molecular flexibility index (Phi) is 3.91. The lowest BCUT2D eigenvalue weighted by Gasteiger charge is -2.06. The number of hydrogen-bond donors (Lipinski definition) is 3. The Balaban J connectivity index is 2.19. The van der Waals surface area contributed by atoms with Gasteiger partial charge in [0, 0.05) is 25.0 Å². The average Bonchev–Trinajstić information content (AvgIpc) is 2.79. The van der Waals surface area contributed by atoms with Crippen molar-refractivity contribution in [2.75, 3.05) is 13.2 Å². The first kappa shape index (κ1) is 12.5. The zero-order chi connectivity index (χ0) is 13.0.